The summed E-state index contributed by atoms with van der Waals surface area (Å²) in [6.45, 7) is 3.62. The molecular formula is C14H21NO6S. The van der Waals surface area contributed by atoms with E-state index in [0.717, 1.165) is 6.26 Å². The number of benzene rings is 1. The number of hydrogen-bond donors (Lipinski definition) is 1. The lowest BCUT2D eigenvalue weighted by molar-refractivity contribution is -0.148. The average molecular weight is 331 g/mol. The van der Waals surface area contributed by atoms with E-state index in [1.54, 1.807) is 24.3 Å². The fraction of sp³-hybridized carbons (Fsp3) is 0.500. The summed E-state index contributed by atoms with van der Waals surface area (Å²) in [7, 11) is -2.42. The zero-order chi connectivity index (χ0) is 16.8. The SMILES string of the molecule is CCOc1ccc(OCC(C)(NS(C)(=O)=O)C(=O)OC)cc1. The van der Waals surface area contributed by atoms with Crippen LogP contribution in [-0.2, 0) is 19.6 Å². The molecule has 0 aliphatic carbocycles. The van der Waals surface area contributed by atoms with Crippen LogP contribution < -0.4 is 14.2 Å². The van der Waals surface area contributed by atoms with Crippen molar-refractivity contribution in [3.63, 3.8) is 0 Å². The third-order valence-corrected chi connectivity index (χ3v) is 3.53. The van der Waals surface area contributed by atoms with Crippen LogP contribution in [0.15, 0.2) is 24.3 Å². The van der Waals surface area contributed by atoms with Gasteiger partial charge in [0.2, 0.25) is 10.0 Å². The molecule has 0 amide bonds. The predicted molar refractivity (Wildman–Crippen MR) is 81.5 cm³/mol. The Bertz CT molecular complexity index is 598. The number of methoxy groups -OCH3 is 1. The molecule has 0 fully saturated rings. The monoisotopic (exact) mass is 331 g/mol. The van der Waals surface area contributed by atoms with Crippen LogP contribution >= 0.6 is 0 Å². The summed E-state index contributed by atoms with van der Waals surface area (Å²) in [4.78, 5) is 11.8. The van der Waals surface area contributed by atoms with Crippen LogP contribution in [0.5, 0.6) is 11.5 Å². The second-order valence-corrected chi connectivity index (χ2v) is 6.64. The quantitative estimate of drug-likeness (QED) is 0.713. The summed E-state index contributed by atoms with van der Waals surface area (Å²) < 4.78 is 40.5. The van der Waals surface area contributed by atoms with Gasteiger partial charge in [0.25, 0.3) is 0 Å². The van der Waals surface area contributed by atoms with Crippen molar-refractivity contribution in [2.45, 2.75) is 19.4 Å². The largest absolute Gasteiger partial charge is 0.494 e. The molecular weight excluding hydrogens is 310 g/mol. The van der Waals surface area contributed by atoms with Crippen LogP contribution in [0.3, 0.4) is 0 Å². The van der Waals surface area contributed by atoms with Gasteiger partial charge in [0, 0.05) is 0 Å². The van der Waals surface area contributed by atoms with Gasteiger partial charge < -0.3 is 14.2 Å². The molecule has 22 heavy (non-hydrogen) atoms. The van der Waals surface area contributed by atoms with Crippen LogP contribution in [0.1, 0.15) is 13.8 Å². The topological polar surface area (TPSA) is 90.9 Å². The molecule has 0 aromatic heterocycles. The highest BCUT2D eigenvalue weighted by atomic mass is 32.2. The maximum Gasteiger partial charge on any atom is 0.330 e. The first kappa shape index (κ1) is 18.2. The van der Waals surface area contributed by atoms with Crippen LogP contribution in [-0.4, -0.2) is 46.5 Å². The van der Waals surface area contributed by atoms with Gasteiger partial charge in [-0.1, -0.05) is 0 Å². The Hall–Kier alpha value is -1.80. The van der Waals surface area contributed by atoms with Gasteiger partial charge in [-0.05, 0) is 38.1 Å². The normalized spacial score (nSPS) is 14.0. The first-order valence-electron chi connectivity index (χ1n) is 6.63. The van der Waals surface area contributed by atoms with Gasteiger partial charge in [0.1, 0.15) is 18.1 Å². The van der Waals surface area contributed by atoms with E-state index in [1.165, 1.54) is 14.0 Å². The molecule has 0 bridgehead atoms. The predicted octanol–water partition coefficient (Wildman–Crippen LogP) is 0.945. The van der Waals surface area contributed by atoms with Crippen molar-refractivity contribution in [2.75, 3.05) is 26.6 Å². The molecule has 1 unspecified atom stereocenters. The minimum absolute atomic E-state index is 0.208. The highest BCUT2D eigenvalue weighted by Crippen LogP contribution is 2.19. The van der Waals surface area contributed by atoms with E-state index < -0.39 is 21.5 Å². The third-order valence-electron chi connectivity index (χ3n) is 2.71. The zero-order valence-corrected chi connectivity index (χ0v) is 13.9. The smallest absolute Gasteiger partial charge is 0.330 e. The number of sulfonamides is 1. The van der Waals surface area contributed by atoms with E-state index in [2.05, 4.69) is 9.46 Å². The van der Waals surface area contributed by atoms with Crippen LogP contribution in [0, 0.1) is 0 Å². The van der Waals surface area contributed by atoms with Crippen molar-refractivity contribution in [3.8, 4) is 11.5 Å². The summed E-state index contributed by atoms with van der Waals surface area (Å²) in [6, 6.07) is 6.78. The van der Waals surface area contributed by atoms with E-state index in [4.69, 9.17) is 9.47 Å². The lowest BCUT2D eigenvalue weighted by atomic mass is 10.1. The highest BCUT2D eigenvalue weighted by molar-refractivity contribution is 7.88. The van der Waals surface area contributed by atoms with Gasteiger partial charge >= 0.3 is 5.97 Å². The Morgan fingerprint density at radius 2 is 1.68 bits per heavy atom. The van der Waals surface area contributed by atoms with Crippen molar-refractivity contribution in [1.82, 2.24) is 4.72 Å². The van der Waals surface area contributed by atoms with E-state index in [0.29, 0.717) is 18.1 Å². The number of carbonyl (C=O) groups is 1. The van der Waals surface area contributed by atoms with Gasteiger partial charge in [0.05, 0.1) is 20.0 Å². The molecule has 0 spiro atoms. The minimum Gasteiger partial charge on any atom is -0.494 e. The van der Waals surface area contributed by atoms with Crippen LogP contribution in [0.4, 0.5) is 0 Å². The number of ether oxygens (including phenoxy) is 3. The standard InChI is InChI=1S/C14H21NO6S/c1-5-20-11-6-8-12(9-7-11)21-10-14(2,13(16)19-3)15-22(4,17)18/h6-9,15H,5,10H2,1-4H3. The van der Waals surface area contributed by atoms with Crippen LogP contribution in [0.2, 0.25) is 0 Å². The summed E-state index contributed by atoms with van der Waals surface area (Å²) in [5.74, 6) is 0.442. The van der Waals surface area contributed by atoms with Crippen LogP contribution in [0.25, 0.3) is 0 Å². The van der Waals surface area contributed by atoms with Gasteiger partial charge in [-0.25, -0.2) is 13.2 Å². The number of esters is 1. The van der Waals surface area contributed by atoms with Gasteiger partial charge in [-0.15, -0.1) is 0 Å². The molecule has 0 saturated carbocycles. The molecule has 1 rings (SSSR count). The minimum atomic E-state index is -3.61. The Kier molecular flexibility index (Phi) is 6.19. The van der Waals surface area contributed by atoms with Crippen molar-refractivity contribution in [1.29, 1.82) is 0 Å². The average Bonchev–Trinajstić information content (AvgIpc) is 2.44. The fourth-order valence-corrected chi connectivity index (χ4v) is 2.75. The zero-order valence-electron chi connectivity index (χ0n) is 13.1. The maximum atomic E-state index is 11.8. The fourth-order valence-electron chi connectivity index (χ4n) is 1.79. The van der Waals surface area contributed by atoms with Gasteiger partial charge in [0.15, 0.2) is 5.54 Å². The lowest BCUT2D eigenvalue weighted by Gasteiger charge is -2.26. The van der Waals surface area contributed by atoms with E-state index >= 15 is 0 Å². The molecule has 0 aliphatic rings. The number of rotatable bonds is 8. The number of carbonyl (C=O) groups excluding carboxylic acids is 1. The molecule has 0 saturated heterocycles. The molecule has 0 aliphatic heterocycles. The molecule has 8 heteroatoms. The van der Waals surface area contributed by atoms with Crippen molar-refractivity contribution in [3.05, 3.63) is 24.3 Å². The van der Waals surface area contributed by atoms with E-state index in [1.807, 2.05) is 6.92 Å². The Morgan fingerprint density at radius 1 is 1.18 bits per heavy atom. The van der Waals surface area contributed by atoms with E-state index in [-0.39, 0.29) is 6.61 Å². The molecule has 7 nitrogen and oxygen atoms in total. The molecule has 124 valence electrons. The summed E-state index contributed by atoms with van der Waals surface area (Å²) in [6.07, 6.45) is 0.963. The first-order chi connectivity index (χ1) is 10.2. The molecule has 0 heterocycles. The van der Waals surface area contributed by atoms with E-state index in [9.17, 15) is 13.2 Å². The summed E-state index contributed by atoms with van der Waals surface area (Å²) >= 11 is 0. The summed E-state index contributed by atoms with van der Waals surface area (Å²) in [5.41, 5.74) is -1.51. The second kappa shape index (κ2) is 7.46. The molecule has 1 N–H and O–H groups in total. The van der Waals surface area contributed by atoms with Crippen molar-refractivity contribution >= 4 is 16.0 Å². The highest BCUT2D eigenvalue weighted by Gasteiger charge is 2.38. The molecule has 1 aromatic rings. The van der Waals surface area contributed by atoms with Crippen molar-refractivity contribution in [2.24, 2.45) is 0 Å². The number of hydrogen-bond acceptors (Lipinski definition) is 6. The van der Waals surface area contributed by atoms with Gasteiger partial charge in [-0.2, -0.15) is 4.72 Å². The Balaban J connectivity index is 2.80. The van der Waals surface area contributed by atoms with Crippen molar-refractivity contribution < 1.29 is 27.4 Å². The first-order valence-corrected chi connectivity index (χ1v) is 8.52. The summed E-state index contributed by atoms with van der Waals surface area (Å²) in [5, 5.41) is 0. The second-order valence-electron chi connectivity index (χ2n) is 4.89. The molecule has 1 atom stereocenters. The molecule has 0 radical (unpaired) electrons. The lowest BCUT2D eigenvalue weighted by Crippen LogP contribution is -2.56. The maximum absolute atomic E-state index is 11.8. The third kappa shape index (κ3) is 5.53. The molecule has 1 aromatic carbocycles. The van der Waals surface area contributed by atoms with Gasteiger partial charge in [-0.3, -0.25) is 0 Å². The Labute approximate surface area is 130 Å². The Morgan fingerprint density at radius 3 is 2.09 bits per heavy atom. The number of nitrogens with one attached hydrogen (secondary N) is 1.